The van der Waals surface area contributed by atoms with E-state index in [1.807, 2.05) is 6.92 Å². The average Bonchev–Trinajstić information content (AvgIpc) is 2.75. The van der Waals surface area contributed by atoms with Crippen LogP contribution in [0.1, 0.15) is 12.6 Å². The van der Waals surface area contributed by atoms with Crippen molar-refractivity contribution in [3.63, 3.8) is 0 Å². The van der Waals surface area contributed by atoms with E-state index in [9.17, 15) is 0 Å². The summed E-state index contributed by atoms with van der Waals surface area (Å²) in [5.41, 5.74) is 0.820. The summed E-state index contributed by atoms with van der Waals surface area (Å²) in [6, 6.07) is 3.58. The van der Waals surface area contributed by atoms with Gasteiger partial charge in [-0.25, -0.2) is 0 Å². The van der Waals surface area contributed by atoms with E-state index in [-0.39, 0.29) is 6.08 Å². The van der Waals surface area contributed by atoms with E-state index >= 15 is 0 Å². The van der Waals surface area contributed by atoms with Gasteiger partial charge in [0.15, 0.2) is 5.75 Å². The molecule has 5 heteroatoms. The van der Waals surface area contributed by atoms with Gasteiger partial charge < -0.3 is 14.5 Å². The van der Waals surface area contributed by atoms with Crippen LogP contribution in [0.2, 0.25) is 0 Å². The first-order chi connectivity index (χ1) is 7.88. The lowest BCUT2D eigenvalue weighted by molar-refractivity contribution is 0.330. The Kier molecular flexibility index (Phi) is 3.50. The first-order valence-electron chi connectivity index (χ1n) is 5.11. The normalized spacial score (nSPS) is 10.3. The Balaban J connectivity index is 1.97. The molecule has 0 aromatic carbocycles. The van der Waals surface area contributed by atoms with Crippen LogP contribution in [-0.2, 0) is 6.54 Å². The molecule has 0 amide bonds. The van der Waals surface area contributed by atoms with Gasteiger partial charge in [-0.2, -0.15) is 4.98 Å². The maximum Gasteiger partial charge on any atom is 0.399 e. The number of ether oxygens (including phenoxy) is 1. The van der Waals surface area contributed by atoms with Crippen molar-refractivity contribution >= 4 is 0 Å². The highest BCUT2D eigenvalue weighted by Crippen LogP contribution is 2.18. The molecule has 0 unspecified atom stereocenters. The fraction of sp³-hybridized carbons (Fsp3) is 0.273. The van der Waals surface area contributed by atoms with Crippen LogP contribution in [0.3, 0.4) is 0 Å². The Morgan fingerprint density at radius 1 is 1.50 bits per heavy atom. The topological polar surface area (TPSA) is 60.2 Å². The molecule has 2 aromatic heterocycles. The summed E-state index contributed by atoms with van der Waals surface area (Å²) in [4.78, 5) is 8.09. The van der Waals surface area contributed by atoms with Crippen molar-refractivity contribution in [3.05, 3.63) is 36.5 Å². The van der Waals surface area contributed by atoms with Crippen molar-refractivity contribution in [1.29, 1.82) is 0 Å². The highest BCUT2D eigenvalue weighted by atomic mass is 16.6. The molecule has 2 rings (SSSR count). The first kappa shape index (κ1) is 10.6. The number of aromatic nitrogens is 2. The fourth-order valence-electron chi connectivity index (χ4n) is 1.18. The molecule has 2 aromatic rings. The van der Waals surface area contributed by atoms with Crippen molar-refractivity contribution < 1.29 is 9.15 Å². The Labute approximate surface area is 93.5 Å². The van der Waals surface area contributed by atoms with E-state index in [4.69, 9.17) is 9.15 Å². The van der Waals surface area contributed by atoms with E-state index < -0.39 is 0 Å². The van der Waals surface area contributed by atoms with Gasteiger partial charge in [0.05, 0.1) is 11.9 Å². The number of pyridine rings is 1. The lowest BCUT2D eigenvalue weighted by Gasteiger charge is -1.97. The van der Waals surface area contributed by atoms with Gasteiger partial charge in [-0.1, -0.05) is 6.92 Å². The zero-order chi connectivity index (χ0) is 11.2. The predicted molar refractivity (Wildman–Crippen MR) is 58.2 cm³/mol. The maximum atomic E-state index is 5.37. The Morgan fingerprint density at radius 2 is 2.44 bits per heavy atom. The number of nitrogens with zero attached hydrogens (tertiary/aromatic N) is 2. The lowest BCUT2D eigenvalue weighted by atomic mass is 10.5. The third-order valence-corrected chi connectivity index (χ3v) is 1.93. The summed E-state index contributed by atoms with van der Waals surface area (Å²) in [7, 11) is 0. The summed E-state index contributed by atoms with van der Waals surface area (Å²) >= 11 is 0. The van der Waals surface area contributed by atoms with E-state index in [0.717, 1.165) is 12.2 Å². The van der Waals surface area contributed by atoms with Crippen molar-refractivity contribution in [2.24, 2.45) is 0 Å². The summed E-state index contributed by atoms with van der Waals surface area (Å²) < 4.78 is 10.5. The van der Waals surface area contributed by atoms with Crippen molar-refractivity contribution in [2.75, 3.05) is 6.54 Å². The molecule has 84 valence electrons. The molecule has 0 saturated heterocycles. The van der Waals surface area contributed by atoms with Crippen LogP contribution < -0.4 is 10.1 Å². The highest BCUT2D eigenvalue weighted by Gasteiger charge is 2.05. The van der Waals surface area contributed by atoms with Gasteiger partial charge in [0.2, 0.25) is 0 Å². The van der Waals surface area contributed by atoms with Gasteiger partial charge in [0.1, 0.15) is 6.26 Å². The number of hydrogen-bond donors (Lipinski definition) is 1. The molecule has 1 N–H and O–H groups in total. The third kappa shape index (κ3) is 2.80. The van der Waals surface area contributed by atoms with Gasteiger partial charge in [0, 0.05) is 12.7 Å². The van der Waals surface area contributed by atoms with Crippen LogP contribution in [0.25, 0.3) is 0 Å². The molecule has 0 atom stereocenters. The number of hydrogen-bond acceptors (Lipinski definition) is 5. The molecule has 0 saturated carbocycles. The van der Waals surface area contributed by atoms with E-state index in [0.29, 0.717) is 12.3 Å². The summed E-state index contributed by atoms with van der Waals surface area (Å²) in [5.74, 6) is 0.611. The molecule has 2 heterocycles. The molecule has 5 nitrogen and oxygen atoms in total. The molecule has 0 spiro atoms. The number of oxazole rings is 1. The van der Waals surface area contributed by atoms with Crippen LogP contribution in [0, 0.1) is 0 Å². The fourth-order valence-corrected chi connectivity index (χ4v) is 1.18. The zero-order valence-corrected chi connectivity index (χ0v) is 9.01. The van der Waals surface area contributed by atoms with E-state index in [2.05, 4.69) is 15.3 Å². The van der Waals surface area contributed by atoms with Crippen LogP contribution in [0.4, 0.5) is 0 Å². The van der Waals surface area contributed by atoms with Gasteiger partial charge in [0.25, 0.3) is 0 Å². The molecule has 0 bridgehead atoms. The number of nitrogens with one attached hydrogen (secondary N) is 1. The van der Waals surface area contributed by atoms with Crippen molar-refractivity contribution in [1.82, 2.24) is 15.3 Å². The highest BCUT2D eigenvalue weighted by molar-refractivity contribution is 5.19. The monoisotopic (exact) mass is 219 g/mol. The standard InChI is InChI=1S/C11H13N3O2/c1-2-12-6-9-8-15-11(14-9)16-10-4-3-5-13-7-10/h3-5,7-8,12H,2,6H2,1H3. The van der Waals surface area contributed by atoms with Crippen molar-refractivity contribution in [3.8, 4) is 11.8 Å². The molecule has 0 radical (unpaired) electrons. The minimum Gasteiger partial charge on any atom is -0.417 e. The second kappa shape index (κ2) is 5.27. The third-order valence-electron chi connectivity index (χ3n) is 1.93. The van der Waals surface area contributed by atoms with Crippen LogP contribution in [0.15, 0.2) is 35.2 Å². The molecule has 0 aliphatic carbocycles. The Hall–Kier alpha value is -1.88. The quantitative estimate of drug-likeness (QED) is 0.833. The predicted octanol–water partition coefficient (Wildman–Crippen LogP) is 1.97. The van der Waals surface area contributed by atoms with E-state index in [1.54, 1.807) is 30.8 Å². The van der Waals surface area contributed by atoms with Crippen LogP contribution in [0.5, 0.6) is 11.8 Å². The van der Waals surface area contributed by atoms with Gasteiger partial charge in [-0.3, -0.25) is 4.98 Å². The van der Waals surface area contributed by atoms with Gasteiger partial charge in [-0.05, 0) is 18.7 Å². The minimum absolute atomic E-state index is 0.237. The van der Waals surface area contributed by atoms with Crippen LogP contribution >= 0.6 is 0 Å². The molecule has 0 aliphatic rings. The smallest absolute Gasteiger partial charge is 0.399 e. The van der Waals surface area contributed by atoms with Crippen LogP contribution in [-0.4, -0.2) is 16.5 Å². The SMILES string of the molecule is CCNCc1coc(Oc2cccnc2)n1. The van der Waals surface area contributed by atoms with Gasteiger partial charge in [-0.15, -0.1) is 0 Å². The number of rotatable bonds is 5. The first-order valence-corrected chi connectivity index (χ1v) is 5.11. The summed E-state index contributed by atoms with van der Waals surface area (Å²) in [6.07, 6.45) is 5.10. The minimum atomic E-state index is 0.237. The van der Waals surface area contributed by atoms with Crippen molar-refractivity contribution in [2.45, 2.75) is 13.5 Å². The summed E-state index contributed by atoms with van der Waals surface area (Å²) in [5, 5.41) is 3.15. The molecular formula is C11H13N3O2. The molecule has 16 heavy (non-hydrogen) atoms. The Bertz CT molecular complexity index is 428. The second-order valence-corrected chi connectivity index (χ2v) is 3.18. The zero-order valence-electron chi connectivity index (χ0n) is 9.01. The van der Waals surface area contributed by atoms with E-state index in [1.165, 1.54) is 0 Å². The van der Waals surface area contributed by atoms with Gasteiger partial charge >= 0.3 is 6.08 Å². The molecular weight excluding hydrogens is 206 g/mol. The largest absolute Gasteiger partial charge is 0.417 e. The second-order valence-electron chi connectivity index (χ2n) is 3.18. The lowest BCUT2D eigenvalue weighted by Crippen LogP contribution is -2.11. The Morgan fingerprint density at radius 3 is 3.19 bits per heavy atom. The maximum absolute atomic E-state index is 5.37. The molecule has 0 fully saturated rings. The molecule has 0 aliphatic heterocycles. The average molecular weight is 219 g/mol. The summed E-state index contributed by atoms with van der Waals surface area (Å²) in [6.45, 7) is 3.61.